The van der Waals surface area contributed by atoms with Crippen LogP contribution < -0.4 is 19.7 Å². The van der Waals surface area contributed by atoms with Gasteiger partial charge in [0.05, 0.1) is 12.7 Å². The molecule has 6 nitrogen and oxygen atoms in total. The van der Waals surface area contributed by atoms with Gasteiger partial charge in [-0.1, -0.05) is 18.3 Å². The lowest BCUT2D eigenvalue weighted by atomic mass is 10.1. The number of carbonyl (C=O) groups excluding carboxylic acids is 1. The SMILES string of the molecule is COc1cc(C(=S)N2CCN(c3ccc(F)cc3)CC2)ccc1OCC(=O)Nc1cccc(C(F)(F)F)c1. The van der Waals surface area contributed by atoms with E-state index >= 15 is 0 Å². The zero-order chi connectivity index (χ0) is 27.3. The third-order valence-corrected chi connectivity index (χ3v) is 6.50. The molecule has 1 aliphatic rings. The Kier molecular flexibility index (Phi) is 8.35. The normalized spacial score (nSPS) is 13.7. The van der Waals surface area contributed by atoms with Crippen LogP contribution >= 0.6 is 12.2 Å². The lowest BCUT2D eigenvalue weighted by Gasteiger charge is -2.37. The predicted molar refractivity (Wildman–Crippen MR) is 140 cm³/mol. The van der Waals surface area contributed by atoms with Crippen molar-refractivity contribution in [2.75, 3.05) is 50.1 Å². The Morgan fingerprint density at radius 1 is 0.974 bits per heavy atom. The van der Waals surface area contributed by atoms with Gasteiger partial charge >= 0.3 is 6.18 Å². The van der Waals surface area contributed by atoms with Crippen molar-refractivity contribution < 1.29 is 31.8 Å². The first-order valence-electron chi connectivity index (χ1n) is 11.7. The average Bonchev–Trinajstić information content (AvgIpc) is 2.91. The fraction of sp³-hybridized carbons (Fsp3) is 0.259. The Labute approximate surface area is 222 Å². The summed E-state index contributed by atoms with van der Waals surface area (Å²) in [5, 5.41) is 2.40. The van der Waals surface area contributed by atoms with E-state index in [1.807, 2.05) is 0 Å². The van der Waals surface area contributed by atoms with Crippen molar-refractivity contribution in [3.8, 4) is 11.5 Å². The molecule has 0 saturated carbocycles. The van der Waals surface area contributed by atoms with Gasteiger partial charge in [0.1, 0.15) is 10.8 Å². The summed E-state index contributed by atoms with van der Waals surface area (Å²) in [6, 6.07) is 15.9. The summed E-state index contributed by atoms with van der Waals surface area (Å²) < 4.78 is 62.9. The number of benzene rings is 3. The van der Waals surface area contributed by atoms with Crippen LogP contribution in [0, 0.1) is 5.82 Å². The Morgan fingerprint density at radius 3 is 2.34 bits per heavy atom. The van der Waals surface area contributed by atoms with Crippen LogP contribution in [-0.2, 0) is 11.0 Å². The minimum Gasteiger partial charge on any atom is -0.493 e. The number of ether oxygens (including phenoxy) is 2. The number of piperazine rings is 1. The molecular weight excluding hydrogens is 522 g/mol. The Hall–Kier alpha value is -3.86. The third-order valence-electron chi connectivity index (χ3n) is 6.00. The van der Waals surface area contributed by atoms with Crippen LogP contribution in [0.4, 0.5) is 28.9 Å². The molecule has 3 aromatic carbocycles. The first-order chi connectivity index (χ1) is 18.1. The molecular formula is C27H25F4N3O3S. The molecule has 0 aliphatic carbocycles. The summed E-state index contributed by atoms with van der Waals surface area (Å²) in [6.07, 6.45) is -4.51. The van der Waals surface area contributed by atoms with Crippen molar-refractivity contribution in [1.82, 2.24) is 4.90 Å². The Bertz CT molecular complexity index is 1290. The standard InChI is InChI=1S/C27H25F4N3O3S/c1-36-24-15-18(26(38)34-13-11-33(12-14-34)22-8-6-20(28)7-9-22)5-10-23(24)37-17-25(35)32-21-4-2-3-19(16-21)27(29,30)31/h2-10,15-16H,11-14,17H2,1H3,(H,32,35). The van der Waals surface area contributed by atoms with Gasteiger partial charge < -0.3 is 24.6 Å². The van der Waals surface area contributed by atoms with Crippen molar-refractivity contribution in [1.29, 1.82) is 0 Å². The molecule has 1 N–H and O–H groups in total. The van der Waals surface area contributed by atoms with Gasteiger partial charge in [-0.05, 0) is 60.7 Å². The third kappa shape index (κ3) is 6.71. The van der Waals surface area contributed by atoms with Gasteiger partial charge in [-0.15, -0.1) is 0 Å². The van der Waals surface area contributed by atoms with Gasteiger partial charge in [0.2, 0.25) is 0 Å². The first-order valence-corrected chi connectivity index (χ1v) is 12.1. The van der Waals surface area contributed by atoms with E-state index in [0.29, 0.717) is 29.6 Å². The molecule has 38 heavy (non-hydrogen) atoms. The quantitative estimate of drug-likeness (QED) is 0.317. The van der Waals surface area contributed by atoms with Crippen LogP contribution in [0.25, 0.3) is 0 Å². The van der Waals surface area contributed by atoms with E-state index in [-0.39, 0.29) is 11.5 Å². The van der Waals surface area contributed by atoms with Gasteiger partial charge in [-0.25, -0.2) is 4.39 Å². The predicted octanol–water partition coefficient (Wildman–Crippen LogP) is 5.37. The average molecular weight is 548 g/mol. The molecule has 0 spiro atoms. The number of anilines is 2. The highest BCUT2D eigenvalue weighted by Crippen LogP contribution is 2.31. The molecule has 1 aliphatic heterocycles. The van der Waals surface area contributed by atoms with Gasteiger partial charge in [0.25, 0.3) is 5.91 Å². The van der Waals surface area contributed by atoms with E-state index in [1.54, 1.807) is 30.3 Å². The van der Waals surface area contributed by atoms with Crippen LogP contribution in [0.15, 0.2) is 66.7 Å². The van der Waals surface area contributed by atoms with E-state index in [2.05, 4.69) is 15.1 Å². The minimum atomic E-state index is -4.51. The van der Waals surface area contributed by atoms with Crippen molar-refractivity contribution in [2.24, 2.45) is 0 Å². The number of thiocarbonyl (C=S) groups is 1. The van der Waals surface area contributed by atoms with Crippen LogP contribution in [0.3, 0.4) is 0 Å². The summed E-state index contributed by atoms with van der Waals surface area (Å²) in [5.74, 6) is -0.239. The number of hydrogen-bond acceptors (Lipinski definition) is 5. The molecule has 0 bridgehead atoms. The molecule has 0 aromatic heterocycles. The maximum Gasteiger partial charge on any atom is 0.416 e. The number of methoxy groups -OCH3 is 1. The summed E-state index contributed by atoms with van der Waals surface area (Å²) in [7, 11) is 1.46. The Balaban J connectivity index is 1.33. The van der Waals surface area contributed by atoms with Crippen molar-refractivity contribution >= 4 is 34.5 Å². The zero-order valence-electron chi connectivity index (χ0n) is 20.4. The summed E-state index contributed by atoms with van der Waals surface area (Å²) in [5.41, 5.74) is 0.854. The lowest BCUT2D eigenvalue weighted by molar-refractivity contribution is -0.137. The molecule has 200 valence electrons. The van der Waals surface area contributed by atoms with E-state index in [0.717, 1.165) is 36.5 Å². The number of nitrogens with one attached hydrogen (secondary N) is 1. The summed E-state index contributed by atoms with van der Waals surface area (Å²) >= 11 is 5.70. The molecule has 1 fully saturated rings. The number of amides is 1. The maximum absolute atomic E-state index is 13.2. The van der Waals surface area contributed by atoms with Crippen molar-refractivity contribution in [2.45, 2.75) is 6.18 Å². The Morgan fingerprint density at radius 2 is 1.68 bits per heavy atom. The second-order valence-corrected chi connectivity index (χ2v) is 8.92. The number of alkyl halides is 3. The van der Waals surface area contributed by atoms with E-state index in [1.165, 1.54) is 31.4 Å². The number of rotatable bonds is 7. The molecule has 0 unspecified atom stereocenters. The molecule has 3 aromatic rings. The van der Waals surface area contributed by atoms with Crippen molar-refractivity contribution in [3.05, 3.63) is 83.7 Å². The fourth-order valence-corrected chi connectivity index (χ4v) is 4.35. The number of carbonyl (C=O) groups is 1. The number of hydrogen-bond donors (Lipinski definition) is 1. The first kappa shape index (κ1) is 27.2. The van der Waals surface area contributed by atoms with Gasteiger partial charge in [0, 0.05) is 43.1 Å². The van der Waals surface area contributed by atoms with Gasteiger partial charge in [-0.2, -0.15) is 13.2 Å². The maximum atomic E-state index is 13.2. The lowest BCUT2D eigenvalue weighted by Crippen LogP contribution is -2.48. The highest BCUT2D eigenvalue weighted by molar-refractivity contribution is 7.80. The molecule has 0 radical (unpaired) electrons. The van der Waals surface area contributed by atoms with Crippen LogP contribution in [0.1, 0.15) is 11.1 Å². The number of nitrogens with zero attached hydrogens (tertiary/aromatic N) is 2. The van der Waals surface area contributed by atoms with Gasteiger partial charge in [-0.3, -0.25) is 4.79 Å². The molecule has 1 amide bonds. The monoisotopic (exact) mass is 547 g/mol. The van der Waals surface area contributed by atoms with Crippen LogP contribution in [-0.4, -0.2) is 55.7 Å². The van der Waals surface area contributed by atoms with E-state index < -0.39 is 24.3 Å². The van der Waals surface area contributed by atoms with E-state index in [4.69, 9.17) is 21.7 Å². The summed E-state index contributed by atoms with van der Waals surface area (Å²) in [4.78, 5) is 17.1. The smallest absolute Gasteiger partial charge is 0.416 e. The molecule has 1 heterocycles. The second-order valence-electron chi connectivity index (χ2n) is 8.54. The van der Waals surface area contributed by atoms with Crippen molar-refractivity contribution in [3.63, 3.8) is 0 Å². The highest BCUT2D eigenvalue weighted by atomic mass is 32.1. The molecule has 1 saturated heterocycles. The fourth-order valence-electron chi connectivity index (χ4n) is 4.04. The largest absolute Gasteiger partial charge is 0.493 e. The topological polar surface area (TPSA) is 54.0 Å². The summed E-state index contributed by atoms with van der Waals surface area (Å²) in [6.45, 7) is 2.40. The molecule has 4 rings (SSSR count). The number of halogens is 4. The molecule has 0 atom stereocenters. The molecule has 11 heteroatoms. The van der Waals surface area contributed by atoms with Crippen LogP contribution in [0.2, 0.25) is 0 Å². The zero-order valence-corrected chi connectivity index (χ0v) is 21.2. The second kappa shape index (κ2) is 11.7. The van der Waals surface area contributed by atoms with Gasteiger partial charge in [0.15, 0.2) is 18.1 Å². The minimum absolute atomic E-state index is 0.0145. The van der Waals surface area contributed by atoms with Crippen LogP contribution in [0.5, 0.6) is 11.5 Å². The highest BCUT2D eigenvalue weighted by Gasteiger charge is 2.30. The van der Waals surface area contributed by atoms with E-state index in [9.17, 15) is 22.4 Å².